The zero-order chi connectivity index (χ0) is 9.60. The van der Waals surface area contributed by atoms with E-state index in [0.29, 0.717) is 6.04 Å². The second-order valence-corrected chi connectivity index (χ2v) is 5.57. The molecule has 2 fully saturated rings. The molecule has 0 atom stereocenters. The molecule has 3 rings (SSSR count). The monoisotopic (exact) mass is 209 g/mol. The molecular weight excluding hydrogens is 194 g/mol. The summed E-state index contributed by atoms with van der Waals surface area (Å²) >= 11 is 1.99. The fourth-order valence-corrected chi connectivity index (χ4v) is 2.60. The normalized spacial score (nSPS) is 24.6. The number of rotatable bonds is 3. The third kappa shape index (κ3) is 1.46. The molecule has 0 bridgehead atoms. The second-order valence-electron chi connectivity index (χ2n) is 4.50. The number of nitrogens with zero attached hydrogens (tertiary/aromatic N) is 2. The van der Waals surface area contributed by atoms with E-state index in [4.69, 9.17) is 5.73 Å². The molecule has 2 N–H and O–H groups in total. The Morgan fingerprint density at radius 3 is 2.93 bits per heavy atom. The van der Waals surface area contributed by atoms with Gasteiger partial charge in [-0.15, -0.1) is 0 Å². The maximum absolute atomic E-state index is 6.12. The molecule has 1 aromatic heterocycles. The minimum atomic E-state index is 0.106. The first-order valence-corrected chi connectivity index (χ1v) is 6.31. The van der Waals surface area contributed by atoms with Gasteiger partial charge in [0.25, 0.3) is 0 Å². The summed E-state index contributed by atoms with van der Waals surface area (Å²) in [6.45, 7) is 0. The van der Waals surface area contributed by atoms with E-state index in [1.54, 1.807) is 0 Å². The zero-order valence-electron chi connectivity index (χ0n) is 8.15. The molecule has 0 unspecified atom stereocenters. The van der Waals surface area contributed by atoms with Crippen molar-refractivity contribution in [2.45, 2.75) is 30.8 Å². The minimum Gasteiger partial charge on any atom is -0.325 e. The van der Waals surface area contributed by atoms with Gasteiger partial charge in [0, 0.05) is 35.4 Å². The molecule has 3 nitrogen and oxygen atoms in total. The molecule has 1 aromatic rings. The summed E-state index contributed by atoms with van der Waals surface area (Å²) in [6, 6.07) is 2.75. The number of hydrogen-bond acceptors (Lipinski definition) is 3. The molecule has 2 aliphatic rings. The Bertz CT molecular complexity index is 339. The summed E-state index contributed by atoms with van der Waals surface area (Å²) < 4.78 is 2.18. The van der Waals surface area contributed by atoms with Gasteiger partial charge in [0.2, 0.25) is 0 Å². The summed E-state index contributed by atoms with van der Waals surface area (Å²) in [6.07, 6.45) is 5.27. The first-order chi connectivity index (χ1) is 6.77. The molecule has 76 valence electrons. The van der Waals surface area contributed by atoms with Crippen LogP contribution in [0.3, 0.4) is 0 Å². The Hall–Kier alpha value is -0.480. The van der Waals surface area contributed by atoms with Gasteiger partial charge in [-0.25, -0.2) is 0 Å². The summed E-state index contributed by atoms with van der Waals surface area (Å²) in [5, 5.41) is 4.40. The van der Waals surface area contributed by atoms with Crippen molar-refractivity contribution in [1.29, 1.82) is 0 Å². The molecule has 2 heterocycles. The number of aromatic nitrogens is 2. The van der Waals surface area contributed by atoms with Gasteiger partial charge in [0.05, 0.1) is 6.04 Å². The average Bonchev–Trinajstić information content (AvgIpc) is 2.61. The van der Waals surface area contributed by atoms with Crippen molar-refractivity contribution >= 4 is 11.8 Å². The highest BCUT2D eigenvalue weighted by Gasteiger charge is 2.39. The van der Waals surface area contributed by atoms with Crippen LogP contribution in [0.15, 0.2) is 12.3 Å². The molecule has 0 aromatic carbocycles. The number of nitrogens with two attached hydrogens (primary N) is 1. The maximum atomic E-state index is 6.12. The van der Waals surface area contributed by atoms with Crippen LogP contribution in [-0.2, 0) is 6.42 Å². The van der Waals surface area contributed by atoms with Crippen LogP contribution < -0.4 is 5.73 Å². The Labute approximate surface area is 88.0 Å². The van der Waals surface area contributed by atoms with Crippen LogP contribution in [0, 0.1) is 0 Å². The molecule has 0 amide bonds. The van der Waals surface area contributed by atoms with Crippen molar-refractivity contribution in [3.05, 3.63) is 18.0 Å². The highest BCUT2D eigenvalue weighted by atomic mass is 32.2. The fraction of sp³-hybridized carbons (Fsp3) is 0.700. The third-order valence-electron chi connectivity index (χ3n) is 3.14. The van der Waals surface area contributed by atoms with Crippen LogP contribution in [0.5, 0.6) is 0 Å². The van der Waals surface area contributed by atoms with Crippen molar-refractivity contribution in [3.63, 3.8) is 0 Å². The summed E-state index contributed by atoms with van der Waals surface area (Å²) in [5.74, 6) is 2.43. The highest BCUT2D eigenvalue weighted by Crippen LogP contribution is 2.37. The lowest BCUT2D eigenvalue weighted by Gasteiger charge is -2.27. The van der Waals surface area contributed by atoms with Crippen molar-refractivity contribution in [1.82, 2.24) is 9.78 Å². The van der Waals surface area contributed by atoms with Gasteiger partial charge in [-0.3, -0.25) is 4.68 Å². The van der Waals surface area contributed by atoms with Gasteiger partial charge < -0.3 is 5.73 Å². The van der Waals surface area contributed by atoms with E-state index in [0.717, 1.165) is 6.42 Å². The van der Waals surface area contributed by atoms with Crippen LogP contribution in [0.4, 0.5) is 0 Å². The quantitative estimate of drug-likeness (QED) is 0.813. The van der Waals surface area contributed by atoms with E-state index in [1.165, 1.54) is 30.0 Å². The molecule has 1 saturated heterocycles. The van der Waals surface area contributed by atoms with Gasteiger partial charge in [0.1, 0.15) is 0 Å². The van der Waals surface area contributed by atoms with E-state index < -0.39 is 0 Å². The van der Waals surface area contributed by atoms with Crippen LogP contribution in [0.1, 0.15) is 24.6 Å². The Morgan fingerprint density at radius 1 is 1.57 bits per heavy atom. The largest absolute Gasteiger partial charge is 0.325 e. The van der Waals surface area contributed by atoms with Crippen LogP contribution in [0.2, 0.25) is 0 Å². The van der Waals surface area contributed by atoms with E-state index in [9.17, 15) is 0 Å². The maximum Gasteiger partial charge on any atom is 0.0702 e. The Kier molecular flexibility index (Phi) is 1.89. The Morgan fingerprint density at radius 2 is 2.36 bits per heavy atom. The van der Waals surface area contributed by atoms with E-state index in [1.807, 2.05) is 18.0 Å². The lowest BCUT2D eigenvalue weighted by molar-refractivity contribution is 0.489. The fourth-order valence-electron chi connectivity index (χ4n) is 1.87. The molecule has 4 heteroatoms. The first-order valence-electron chi connectivity index (χ1n) is 5.16. The van der Waals surface area contributed by atoms with Crippen molar-refractivity contribution in [3.8, 4) is 0 Å². The van der Waals surface area contributed by atoms with Gasteiger partial charge in [-0.2, -0.15) is 16.9 Å². The van der Waals surface area contributed by atoms with E-state index in [2.05, 4.69) is 15.8 Å². The van der Waals surface area contributed by atoms with Crippen molar-refractivity contribution < 1.29 is 0 Å². The predicted molar refractivity (Wildman–Crippen MR) is 58.4 cm³/mol. The standard InChI is InChI=1S/C10H15N3S/c11-10(2-3-10)5-8-1-4-12-13(8)9-6-14-7-9/h1,4,9H,2-3,5-7,11H2. The lowest BCUT2D eigenvalue weighted by Crippen LogP contribution is -2.30. The average molecular weight is 209 g/mol. The van der Waals surface area contributed by atoms with Crippen molar-refractivity contribution in [2.75, 3.05) is 11.5 Å². The highest BCUT2D eigenvalue weighted by molar-refractivity contribution is 8.00. The zero-order valence-corrected chi connectivity index (χ0v) is 8.96. The molecule has 1 aliphatic carbocycles. The van der Waals surface area contributed by atoms with E-state index >= 15 is 0 Å². The van der Waals surface area contributed by atoms with Crippen LogP contribution in [0.25, 0.3) is 0 Å². The number of hydrogen-bond donors (Lipinski definition) is 1. The van der Waals surface area contributed by atoms with Crippen molar-refractivity contribution in [2.24, 2.45) is 5.73 Å². The third-order valence-corrected chi connectivity index (χ3v) is 4.38. The summed E-state index contributed by atoms with van der Waals surface area (Å²) in [7, 11) is 0. The topological polar surface area (TPSA) is 43.8 Å². The molecule has 0 spiro atoms. The Balaban J connectivity index is 1.79. The van der Waals surface area contributed by atoms with Gasteiger partial charge in [-0.05, 0) is 18.9 Å². The minimum absolute atomic E-state index is 0.106. The predicted octanol–water partition coefficient (Wildman–Crippen LogP) is 1.20. The first kappa shape index (κ1) is 8.80. The smallest absolute Gasteiger partial charge is 0.0702 e. The van der Waals surface area contributed by atoms with Gasteiger partial charge >= 0.3 is 0 Å². The molecule has 14 heavy (non-hydrogen) atoms. The van der Waals surface area contributed by atoms with Crippen LogP contribution >= 0.6 is 11.8 Å². The molecule has 0 radical (unpaired) electrons. The van der Waals surface area contributed by atoms with Gasteiger partial charge in [0.15, 0.2) is 0 Å². The number of thioether (sulfide) groups is 1. The lowest BCUT2D eigenvalue weighted by atomic mass is 10.1. The molecule has 1 aliphatic heterocycles. The van der Waals surface area contributed by atoms with Crippen LogP contribution in [-0.4, -0.2) is 26.8 Å². The van der Waals surface area contributed by atoms with Gasteiger partial charge in [-0.1, -0.05) is 0 Å². The summed E-state index contributed by atoms with van der Waals surface area (Å²) in [5.41, 5.74) is 7.55. The molecular formula is C10H15N3S. The second kappa shape index (κ2) is 3.00. The van der Waals surface area contributed by atoms with E-state index in [-0.39, 0.29) is 5.54 Å². The summed E-state index contributed by atoms with van der Waals surface area (Å²) in [4.78, 5) is 0. The molecule has 1 saturated carbocycles. The SMILES string of the molecule is NC1(Cc2ccnn2C2CSC2)CC1.